The lowest BCUT2D eigenvalue weighted by atomic mass is 9.90. The predicted molar refractivity (Wildman–Crippen MR) is 73.9 cm³/mol. The zero-order valence-corrected chi connectivity index (χ0v) is 11.8. The van der Waals surface area contributed by atoms with Gasteiger partial charge in [0, 0.05) is 12.0 Å². The van der Waals surface area contributed by atoms with Crippen molar-refractivity contribution < 1.29 is 4.79 Å². The van der Waals surface area contributed by atoms with Gasteiger partial charge in [0.2, 0.25) is 5.91 Å². The van der Waals surface area contributed by atoms with Crippen LogP contribution in [0.15, 0.2) is 0 Å². The van der Waals surface area contributed by atoms with Gasteiger partial charge in [-0.25, -0.2) is 0 Å². The fourth-order valence-electron chi connectivity index (χ4n) is 2.17. The third kappa shape index (κ3) is 9.16. The molecule has 0 fully saturated rings. The number of carbonyl (C=O) groups excluding carboxylic acids is 1. The maximum Gasteiger partial charge on any atom is 0.219 e. The Labute approximate surface area is 107 Å². The second-order valence-corrected chi connectivity index (χ2v) is 5.29. The highest BCUT2D eigenvalue weighted by Gasteiger charge is 2.24. The Bertz CT molecular complexity index is 206. The van der Waals surface area contributed by atoms with Gasteiger partial charge in [0.25, 0.3) is 0 Å². The van der Waals surface area contributed by atoms with E-state index in [2.05, 4.69) is 26.1 Å². The van der Waals surface area contributed by atoms with Crippen LogP contribution in [0.1, 0.15) is 72.1 Å². The number of primary amides is 1. The van der Waals surface area contributed by atoms with Gasteiger partial charge in [0.05, 0.1) is 0 Å². The number of nitrogens with two attached hydrogens (primary N) is 1. The number of hydrogen-bond acceptors (Lipinski definition) is 2. The fourth-order valence-corrected chi connectivity index (χ4v) is 2.17. The van der Waals surface area contributed by atoms with E-state index in [0.29, 0.717) is 6.42 Å². The van der Waals surface area contributed by atoms with Crippen molar-refractivity contribution in [2.45, 2.75) is 77.7 Å². The Morgan fingerprint density at radius 1 is 1.12 bits per heavy atom. The normalized spacial score (nSPS) is 14.5. The van der Waals surface area contributed by atoms with E-state index in [-0.39, 0.29) is 11.4 Å². The summed E-state index contributed by atoms with van der Waals surface area (Å²) in [5.41, 5.74) is 5.22. The van der Waals surface area contributed by atoms with Crippen molar-refractivity contribution in [3.8, 4) is 0 Å². The highest BCUT2D eigenvalue weighted by atomic mass is 16.1. The van der Waals surface area contributed by atoms with Gasteiger partial charge >= 0.3 is 0 Å². The number of amides is 1. The monoisotopic (exact) mass is 242 g/mol. The SMILES string of the molecule is CCCCCCCC(C)(CC(N)=O)NCCC. The first-order valence-corrected chi connectivity index (χ1v) is 7.07. The predicted octanol–water partition coefficient (Wildman–Crippen LogP) is 2.98. The molecule has 0 aliphatic rings. The highest BCUT2D eigenvalue weighted by molar-refractivity contribution is 5.75. The first kappa shape index (κ1) is 16.4. The van der Waals surface area contributed by atoms with E-state index in [1.807, 2.05) is 0 Å². The van der Waals surface area contributed by atoms with Crippen LogP contribution < -0.4 is 11.1 Å². The summed E-state index contributed by atoms with van der Waals surface area (Å²) >= 11 is 0. The lowest BCUT2D eigenvalue weighted by Gasteiger charge is -2.30. The van der Waals surface area contributed by atoms with E-state index >= 15 is 0 Å². The maximum absolute atomic E-state index is 11.1. The minimum atomic E-state index is -0.204. The minimum Gasteiger partial charge on any atom is -0.370 e. The van der Waals surface area contributed by atoms with E-state index in [0.717, 1.165) is 19.4 Å². The van der Waals surface area contributed by atoms with Crippen molar-refractivity contribution in [2.24, 2.45) is 5.73 Å². The molecule has 0 aromatic heterocycles. The largest absolute Gasteiger partial charge is 0.370 e. The molecular weight excluding hydrogens is 212 g/mol. The minimum absolute atomic E-state index is 0.103. The molecule has 0 aromatic carbocycles. The van der Waals surface area contributed by atoms with Crippen LogP contribution in [0.5, 0.6) is 0 Å². The molecule has 0 bridgehead atoms. The molecule has 1 atom stereocenters. The molecule has 17 heavy (non-hydrogen) atoms. The average Bonchev–Trinajstić information content (AvgIpc) is 2.25. The summed E-state index contributed by atoms with van der Waals surface area (Å²) in [6.45, 7) is 7.44. The molecule has 0 rings (SSSR count). The quantitative estimate of drug-likeness (QED) is 0.547. The highest BCUT2D eigenvalue weighted by Crippen LogP contribution is 2.19. The summed E-state index contributed by atoms with van der Waals surface area (Å²) in [5.74, 6) is -0.204. The van der Waals surface area contributed by atoms with Gasteiger partial charge in [-0.1, -0.05) is 46.0 Å². The van der Waals surface area contributed by atoms with E-state index < -0.39 is 0 Å². The van der Waals surface area contributed by atoms with Gasteiger partial charge < -0.3 is 11.1 Å². The second-order valence-electron chi connectivity index (χ2n) is 5.29. The van der Waals surface area contributed by atoms with Crippen LogP contribution in [-0.4, -0.2) is 18.0 Å². The Morgan fingerprint density at radius 2 is 1.76 bits per heavy atom. The van der Waals surface area contributed by atoms with E-state index in [9.17, 15) is 4.79 Å². The molecular formula is C14H30N2O. The molecule has 3 N–H and O–H groups in total. The Morgan fingerprint density at radius 3 is 2.29 bits per heavy atom. The zero-order chi connectivity index (χ0) is 13.1. The molecule has 0 radical (unpaired) electrons. The zero-order valence-electron chi connectivity index (χ0n) is 11.8. The number of unbranched alkanes of at least 4 members (excludes halogenated alkanes) is 4. The van der Waals surface area contributed by atoms with Gasteiger partial charge in [0.1, 0.15) is 0 Å². The van der Waals surface area contributed by atoms with Crippen LogP contribution in [0.25, 0.3) is 0 Å². The van der Waals surface area contributed by atoms with Gasteiger partial charge in [-0.15, -0.1) is 0 Å². The summed E-state index contributed by atoms with van der Waals surface area (Å²) in [4.78, 5) is 11.1. The van der Waals surface area contributed by atoms with Gasteiger partial charge in [-0.2, -0.15) is 0 Å². The molecule has 102 valence electrons. The van der Waals surface area contributed by atoms with Gasteiger partial charge in [0.15, 0.2) is 0 Å². The third-order valence-electron chi connectivity index (χ3n) is 3.20. The standard InChI is InChI=1S/C14H30N2O/c1-4-6-7-8-9-10-14(3,12-13(15)17)16-11-5-2/h16H,4-12H2,1-3H3,(H2,15,17). The number of rotatable bonds is 11. The maximum atomic E-state index is 11.1. The van der Waals surface area contributed by atoms with E-state index in [1.54, 1.807) is 0 Å². The average molecular weight is 242 g/mol. The van der Waals surface area contributed by atoms with Gasteiger partial charge in [-0.05, 0) is 26.3 Å². The van der Waals surface area contributed by atoms with Crippen LogP contribution >= 0.6 is 0 Å². The lowest BCUT2D eigenvalue weighted by molar-refractivity contribution is -0.119. The first-order chi connectivity index (χ1) is 8.04. The molecule has 3 nitrogen and oxygen atoms in total. The van der Waals surface area contributed by atoms with Crippen molar-refractivity contribution in [1.29, 1.82) is 0 Å². The van der Waals surface area contributed by atoms with Crippen LogP contribution in [0.2, 0.25) is 0 Å². The third-order valence-corrected chi connectivity index (χ3v) is 3.20. The van der Waals surface area contributed by atoms with Crippen molar-refractivity contribution in [3.63, 3.8) is 0 Å². The number of hydrogen-bond donors (Lipinski definition) is 2. The summed E-state index contributed by atoms with van der Waals surface area (Å²) < 4.78 is 0. The molecule has 0 saturated carbocycles. The number of carbonyl (C=O) groups is 1. The topological polar surface area (TPSA) is 55.1 Å². The van der Waals surface area contributed by atoms with E-state index in [1.165, 1.54) is 32.1 Å². The van der Waals surface area contributed by atoms with Crippen molar-refractivity contribution in [1.82, 2.24) is 5.32 Å². The Balaban J connectivity index is 3.95. The molecule has 1 amide bonds. The molecule has 0 heterocycles. The summed E-state index contributed by atoms with van der Waals surface area (Å²) in [7, 11) is 0. The molecule has 0 spiro atoms. The summed E-state index contributed by atoms with van der Waals surface area (Å²) in [6, 6.07) is 0. The van der Waals surface area contributed by atoms with Crippen LogP contribution in [-0.2, 0) is 4.79 Å². The summed E-state index contributed by atoms with van der Waals surface area (Å²) in [5, 5.41) is 3.47. The second kappa shape index (κ2) is 9.46. The molecule has 1 unspecified atom stereocenters. The van der Waals surface area contributed by atoms with Crippen molar-refractivity contribution in [3.05, 3.63) is 0 Å². The van der Waals surface area contributed by atoms with Gasteiger partial charge in [-0.3, -0.25) is 4.79 Å². The fraction of sp³-hybridized carbons (Fsp3) is 0.929. The molecule has 0 aromatic rings. The lowest BCUT2D eigenvalue weighted by Crippen LogP contribution is -2.45. The van der Waals surface area contributed by atoms with Crippen LogP contribution in [0.4, 0.5) is 0 Å². The molecule has 3 heteroatoms. The smallest absolute Gasteiger partial charge is 0.219 e. The van der Waals surface area contributed by atoms with Crippen LogP contribution in [0.3, 0.4) is 0 Å². The van der Waals surface area contributed by atoms with Crippen molar-refractivity contribution >= 4 is 5.91 Å². The molecule has 0 aliphatic carbocycles. The molecule has 0 saturated heterocycles. The Kier molecular flexibility index (Phi) is 9.14. The Hall–Kier alpha value is -0.570. The number of nitrogens with one attached hydrogen (secondary N) is 1. The van der Waals surface area contributed by atoms with Crippen molar-refractivity contribution in [2.75, 3.05) is 6.54 Å². The van der Waals surface area contributed by atoms with E-state index in [4.69, 9.17) is 5.73 Å². The molecule has 0 aliphatic heterocycles. The van der Waals surface area contributed by atoms with Crippen LogP contribution in [0, 0.1) is 0 Å². The first-order valence-electron chi connectivity index (χ1n) is 7.07. The summed E-state index contributed by atoms with van der Waals surface area (Å²) in [6.07, 6.45) is 8.90.